The third-order valence-corrected chi connectivity index (χ3v) is 3.17. The largest absolute Gasteiger partial charge is 0.416 e. The molecule has 0 fully saturated rings. The van der Waals surface area contributed by atoms with Gasteiger partial charge in [-0.3, -0.25) is 0 Å². The molecule has 0 radical (unpaired) electrons. The van der Waals surface area contributed by atoms with Gasteiger partial charge in [0, 0.05) is 11.1 Å². The van der Waals surface area contributed by atoms with Crippen molar-refractivity contribution in [3.05, 3.63) is 35.4 Å². The maximum Gasteiger partial charge on any atom is 0.416 e. The van der Waals surface area contributed by atoms with Crippen LogP contribution in [0.5, 0.6) is 0 Å². The maximum absolute atomic E-state index is 12.9. The molecule has 0 bridgehead atoms. The Morgan fingerprint density at radius 3 is 2.18 bits per heavy atom. The average molecular weight is 310 g/mol. The molecule has 0 spiro atoms. The minimum atomic E-state index is -4.43. The van der Waals surface area contributed by atoms with E-state index in [9.17, 15) is 13.2 Å². The summed E-state index contributed by atoms with van der Waals surface area (Å²) in [5.74, 6) is 0.102. The molecular weight excluding hydrogens is 293 g/mol. The monoisotopic (exact) mass is 310 g/mol. The minimum Gasteiger partial charge on any atom is -0.383 e. The van der Waals surface area contributed by atoms with Crippen molar-refractivity contribution in [2.24, 2.45) is 0 Å². The van der Waals surface area contributed by atoms with Gasteiger partial charge >= 0.3 is 6.18 Å². The van der Waals surface area contributed by atoms with E-state index in [4.69, 9.17) is 11.5 Å². The molecule has 0 saturated heterocycles. The fraction of sp³-hybridized carbons (Fsp3) is 0.333. The Bertz CT molecular complexity index is 703. The van der Waals surface area contributed by atoms with E-state index in [0.717, 1.165) is 12.1 Å². The first-order valence-electron chi connectivity index (χ1n) is 6.61. The Hall–Kier alpha value is -2.31. The van der Waals surface area contributed by atoms with Crippen LogP contribution in [0.3, 0.4) is 0 Å². The van der Waals surface area contributed by atoms with E-state index in [0.29, 0.717) is 16.8 Å². The lowest BCUT2D eigenvalue weighted by atomic mass is 9.84. The fourth-order valence-corrected chi connectivity index (χ4v) is 2.29. The van der Waals surface area contributed by atoms with E-state index in [1.54, 1.807) is 6.07 Å². The molecule has 0 amide bonds. The summed E-state index contributed by atoms with van der Waals surface area (Å²) in [6.45, 7) is 5.65. The van der Waals surface area contributed by atoms with Crippen molar-refractivity contribution >= 4 is 11.8 Å². The molecule has 0 atom stereocenters. The lowest BCUT2D eigenvalue weighted by molar-refractivity contribution is -0.137. The van der Waals surface area contributed by atoms with Gasteiger partial charge in [0.15, 0.2) is 0 Å². The highest BCUT2D eigenvalue weighted by atomic mass is 19.4. The van der Waals surface area contributed by atoms with Crippen LogP contribution in [-0.2, 0) is 11.6 Å². The van der Waals surface area contributed by atoms with Crippen LogP contribution in [0.2, 0.25) is 0 Å². The Morgan fingerprint density at radius 2 is 1.64 bits per heavy atom. The molecule has 0 aliphatic rings. The number of alkyl halides is 3. The van der Waals surface area contributed by atoms with Crippen LogP contribution in [0.25, 0.3) is 11.3 Å². The van der Waals surface area contributed by atoms with Gasteiger partial charge in [-0.2, -0.15) is 18.2 Å². The van der Waals surface area contributed by atoms with E-state index in [1.165, 1.54) is 6.07 Å². The van der Waals surface area contributed by atoms with Gasteiger partial charge in [-0.25, -0.2) is 4.98 Å². The Labute approximate surface area is 126 Å². The van der Waals surface area contributed by atoms with Crippen LogP contribution in [0, 0.1) is 0 Å². The quantitative estimate of drug-likeness (QED) is 0.843. The first kappa shape index (κ1) is 16.1. The van der Waals surface area contributed by atoms with Gasteiger partial charge in [0.1, 0.15) is 5.82 Å². The number of nitrogens with zero attached hydrogens (tertiary/aromatic N) is 2. The smallest absolute Gasteiger partial charge is 0.383 e. The zero-order valence-corrected chi connectivity index (χ0v) is 12.5. The van der Waals surface area contributed by atoms with Crippen LogP contribution >= 0.6 is 0 Å². The highest BCUT2D eigenvalue weighted by Crippen LogP contribution is 2.37. The number of halogens is 3. The molecule has 22 heavy (non-hydrogen) atoms. The number of nitrogen functional groups attached to an aromatic ring is 2. The summed E-state index contributed by atoms with van der Waals surface area (Å²) in [7, 11) is 0. The van der Waals surface area contributed by atoms with Gasteiger partial charge in [-0.1, -0.05) is 32.9 Å². The summed E-state index contributed by atoms with van der Waals surface area (Å²) >= 11 is 0. The summed E-state index contributed by atoms with van der Waals surface area (Å²) < 4.78 is 38.7. The van der Waals surface area contributed by atoms with Crippen molar-refractivity contribution in [1.82, 2.24) is 9.97 Å². The van der Waals surface area contributed by atoms with E-state index in [-0.39, 0.29) is 11.8 Å². The Morgan fingerprint density at radius 1 is 1.00 bits per heavy atom. The lowest BCUT2D eigenvalue weighted by Crippen LogP contribution is -2.19. The van der Waals surface area contributed by atoms with Gasteiger partial charge in [0.05, 0.1) is 11.3 Å². The highest BCUT2D eigenvalue weighted by Gasteiger charge is 2.31. The van der Waals surface area contributed by atoms with E-state index in [1.807, 2.05) is 20.8 Å². The zero-order valence-electron chi connectivity index (χ0n) is 12.5. The van der Waals surface area contributed by atoms with Gasteiger partial charge in [0.2, 0.25) is 5.95 Å². The molecule has 2 aromatic rings. The summed E-state index contributed by atoms with van der Waals surface area (Å²) in [6.07, 6.45) is -4.43. The number of hydrogen-bond donors (Lipinski definition) is 2. The van der Waals surface area contributed by atoms with Gasteiger partial charge in [-0.05, 0) is 17.5 Å². The summed E-state index contributed by atoms with van der Waals surface area (Å²) in [5.41, 5.74) is 11.5. The molecule has 4 nitrogen and oxygen atoms in total. The predicted octanol–water partition coefficient (Wildman–Crippen LogP) is 3.62. The summed E-state index contributed by atoms with van der Waals surface area (Å²) in [5, 5.41) is 0. The van der Waals surface area contributed by atoms with Gasteiger partial charge < -0.3 is 11.5 Å². The molecule has 1 aromatic heterocycles. The van der Waals surface area contributed by atoms with E-state index >= 15 is 0 Å². The number of aromatic nitrogens is 2. The number of nitrogens with two attached hydrogens (primary N) is 2. The van der Waals surface area contributed by atoms with Gasteiger partial charge in [-0.15, -0.1) is 0 Å². The second kappa shape index (κ2) is 5.15. The summed E-state index contributed by atoms with van der Waals surface area (Å²) in [6, 6.07) is 4.93. The average Bonchev–Trinajstić information content (AvgIpc) is 2.35. The zero-order chi connectivity index (χ0) is 16.7. The first-order chi connectivity index (χ1) is 10.00. The van der Waals surface area contributed by atoms with Gasteiger partial charge in [0.25, 0.3) is 0 Å². The van der Waals surface area contributed by atoms with E-state index in [2.05, 4.69) is 9.97 Å². The molecule has 0 aliphatic carbocycles. The standard InChI is InChI=1S/C15H17F3N4/c1-14(2,3)10-11(21-13(20)22-12(10)19)8-5-4-6-9(7-8)15(16,17)18/h4-7H,1-3H3,(H4,19,20,21,22). The van der Waals surface area contributed by atoms with Crippen LogP contribution in [-0.4, -0.2) is 9.97 Å². The first-order valence-corrected chi connectivity index (χ1v) is 6.61. The number of benzene rings is 1. The number of hydrogen-bond acceptors (Lipinski definition) is 4. The van der Waals surface area contributed by atoms with Crippen molar-refractivity contribution in [3.8, 4) is 11.3 Å². The molecule has 1 aromatic carbocycles. The number of anilines is 2. The highest BCUT2D eigenvalue weighted by molar-refractivity contribution is 5.71. The topological polar surface area (TPSA) is 77.8 Å². The second-order valence-electron chi connectivity index (χ2n) is 6.02. The van der Waals surface area contributed by atoms with Crippen LogP contribution in [0.4, 0.5) is 24.9 Å². The molecule has 0 aliphatic heterocycles. The van der Waals surface area contributed by atoms with Crippen molar-refractivity contribution in [3.63, 3.8) is 0 Å². The Kier molecular flexibility index (Phi) is 3.76. The SMILES string of the molecule is CC(C)(C)c1c(N)nc(N)nc1-c1cccc(C(F)(F)F)c1. The lowest BCUT2D eigenvalue weighted by Gasteiger charge is -2.24. The third kappa shape index (κ3) is 3.13. The molecule has 2 rings (SSSR count). The van der Waals surface area contributed by atoms with Crippen LogP contribution in [0.1, 0.15) is 31.9 Å². The minimum absolute atomic E-state index is 0.0714. The van der Waals surface area contributed by atoms with Crippen molar-refractivity contribution in [2.75, 3.05) is 11.5 Å². The molecule has 7 heteroatoms. The predicted molar refractivity (Wildman–Crippen MR) is 80.0 cm³/mol. The maximum atomic E-state index is 12.9. The van der Waals surface area contributed by atoms with Crippen molar-refractivity contribution < 1.29 is 13.2 Å². The summed E-state index contributed by atoms with van der Waals surface area (Å²) in [4.78, 5) is 8.03. The fourth-order valence-electron chi connectivity index (χ4n) is 2.29. The number of rotatable bonds is 1. The van der Waals surface area contributed by atoms with Crippen molar-refractivity contribution in [1.29, 1.82) is 0 Å². The molecular formula is C15H17F3N4. The normalized spacial score (nSPS) is 12.5. The van der Waals surface area contributed by atoms with Crippen LogP contribution in [0.15, 0.2) is 24.3 Å². The molecule has 0 saturated carbocycles. The second-order valence-corrected chi connectivity index (χ2v) is 6.02. The molecule has 118 valence electrons. The van der Waals surface area contributed by atoms with Crippen molar-refractivity contribution in [2.45, 2.75) is 32.4 Å². The van der Waals surface area contributed by atoms with Crippen LogP contribution < -0.4 is 11.5 Å². The molecule has 0 unspecified atom stereocenters. The van der Waals surface area contributed by atoms with E-state index < -0.39 is 17.2 Å². The molecule has 1 heterocycles. The Balaban J connectivity index is 2.73. The third-order valence-electron chi connectivity index (χ3n) is 3.17. The molecule has 4 N–H and O–H groups in total.